The van der Waals surface area contributed by atoms with Crippen LogP contribution in [0.1, 0.15) is 165 Å². The van der Waals surface area contributed by atoms with Crippen LogP contribution in [0.5, 0.6) is 0 Å². The number of ether oxygens (including phenoxy) is 2. The average Bonchev–Trinajstić information content (AvgIpc) is 3.02. The highest BCUT2D eigenvalue weighted by atomic mass is 16.5. The molecule has 0 aromatic heterocycles. The van der Waals surface area contributed by atoms with E-state index in [0.29, 0.717) is 46.6 Å². The normalized spacial score (nSPS) is 31.3. The minimum absolute atomic E-state index is 0.0504. The van der Waals surface area contributed by atoms with Crippen molar-refractivity contribution in [2.24, 2.45) is 46.3 Å². The van der Waals surface area contributed by atoms with Crippen molar-refractivity contribution in [1.29, 1.82) is 0 Å². The second-order valence-electron chi connectivity index (χ2n) is 16.8. The molecule has 0 N–H and O–H groups in total. The molecule has 4 fully saturated rings. The second kappa shape index (κ2) is 14.3. The van der Waals surface area contributed by atoms with Crippen LogP contribution >= 0.6 is 0 Å². The maximum Gasteiger partial charge on any atom is 0.338 e. The van der Waals surface area contributed by atoms with Crippen LogP contribution in [0.4, 0.5) is 0 Å². The van der Waals surface area contributed by atoms with E-state index in [-0.39, 0.29) is 35.0 Å². The summed E-state index contributed by atoms with van der Waals surface area (Å²) in [5.41, 5.74) is 1.38. The third-order valence-electron chi connectivity index (χ3n) is 13.2. The predicted octanol–water partition coefficient (Wildman–Crippen LogP) is 10.8. The quantitative estimate of drug-likeness (QED) is 0.276. The van der Waals surface area contributed by atoms with E-state index < -0.39 is 0 Å². The molecule has 4 aliphatic rings. The van der Waals surface area contributed by atoms with Gasteiger partial charge in [0.2, 0.25) is 0 Å². The molecular formula is C40H62O4. The minimum Gasteiger partial charge on any atom is -0.458 e. The van der Waals surface area contributed by atoms with Crippen LogP contribution in [-0.2, 0) is 9.47 Å². The largest absolute Gasteiger partial charge is 0.458 e. The van der Waals surface area contributed by atoms with Gasteiger partial charge in [-0.25, -0.2) is 9.59 Å². The number of esters is 2. The SMILES string of the molecule is C[C@@H]1CC[C@@H](C(C)(C)C2CCCCC2)[C@H](OC(=O)c2ccc(C(=O)O[C@@H]3C[C@H](C)CC[C@H]3C(C)(C)C3CCCCC3)cc2)C1. The van der Waals surface area contributed by atoms with Gasteiger partial charge in [0.15, 0.2) is 0 Å². The Bertz CT molecular complexity index is 1000. The molecular weight excluding hydrogens is 544 g/mol. The maximum absolute atomic E-state index is 13.5. The zero-order chi connectivity index (χ0) is 31.5. The van der Waals surface area contributed by atoms with Crippen LogP contribution in [-0.4, -0.2) is 24.1 Å². The summed E-state index contributed by atoms with van der Waals surface area (Å²) in [5, 5.41) is 0. The highest BCUT2D eigenvalue weighted by Crippen LogP contribution is 2.51. The molecule has 6 atom stereocenters. The lowest BCUT2D eigenvalue weighted by molar-refractivity contribution is -0.0618. The molecule has 0 unspecified atom stereocenters. The van der Waals surface area contributed by atoms with Gasteiger partial charge < -0.3 is 9.47 Å². The van der Waals surface area contributed by atoms with Crippen molar-refractivity contribution in [1.82, 2.24) is 0 Å². The smallest absolute Gasteiger partial charge is 0.338 e. The molecule has 1 aromatic carbocycles. The maximum atomic E-state index is 13.5. The Morgan fingerprint density at radius 1 is 0.545 bits per heavy atom. The monoisotopic (exact) mass is 606 g/mol. The molecule has 0 aliphatic heterocycles. The summed E-state index contributed by atoms with van der Waals surface area (Å²) in [4.78, 5) is 26.9. The molecule has 0 spiro atoms. The molecule has 4 nitrogen and oxygen atoms in total. The van der Waals surface area contributed by atoms with Crippen molar-refractivity contribution in [2.75, 3.05) is 0 Å². The van der Waals surface area contributed by atoms with Gasteiger partial charge in [-0.2, -0.15) is 0 Å². The zero-order valence-corrected chi connectivity index (χ0v) is 28.9. The Hall–Kier alpha value is -1.84. The van der Waals surface area contributed by atoms with Crippen molar-refractivity contribution >= 4 is 11.9 Å². The lowest BCUT2D eigenvalue weighted by Gasteiger charge is -2.48. The fourth-order valence-corrected chi connectivity index (χ4v) is 10.1. The van der Waals surface area contributed by atoms with Gasteiger partial charge >= 0.3 is 11.9 Å². The van der Waals surface area contributed by atoms with Gasteiger partial charge in [0.1, 0.15) is 12.2 Å². The van der Waals surface area contributed by atoms with E-state index in [1.807, 2.05) is 0 Å². The van der Waals surface area contributed by atoms with Crippen LogP contribution in [0.3, 0.4) is 0 Å². The van der Waals surface area contributed by atoms with Crippen LogP contribution < -0.4 is 0 Å². The Kier molecular flexibility index (Phi) is 10.9. The topological polar surface area (TPSA) is 52.6 Å². The molecule has 0 bridgehead atoms. The fraction of sp³-hybridized carbons (Fsp3) is 0.800. The minimum atomic E-state index is -0.260. The molecule has 0 heterocycles. The summed E-state index contributed by atoms with van der Waals surface area (Å²) in [6, 6.07) is 7.05. The summed E-state index contributed by atoms with van der Waals surface area (Å²) in [6.45, 7) is 14.3. The molecule has 4 saturated carbocycles. The number of carbonyl (C=O) groups is 2. The summed E-state index contributed by atoms with van der Waals surface area (Å²) < 4.78 is 12.7. The lowest BCUT2D eigenvalue weighted by Crippen LogP contribution is -2.45. The first-order valence-corrected chi connectivity index (χ1v) is 18.5. The summed E-state index contributed by atoms with van der Waals surface area (Å²) in [7, 11) is 0. The van der Waals surface area contributed by atoms with Crippen molar-refractivity contribution in [3.63, 3.8) is 0 Å². The van der Waals surface area contributed by atoms with E-state index in [1.54, 1.807) is 24.3 Å². The van der Waals surface area contributed by atoms with E-state index in [1.165, 1.54) is 77.0 Å². The second-order valence-corrected chi connectivity index (χ2v) is 16.8. The van der Waals surface area contributed by atoms with Gasteiger partial charge in [0.25, 0.3) is 0 Å². The zero-order valence-electron chi connectivity index (χ0n) is 28.9. The first kappa shape index (κ1) is 33.5. The van der Waals surface area contributed by atoms with E-state index in [9.17, 15) is 9.59 Å². The van der Waals surface area contributed by atoms with Gasteiger partial charge in [-0.3, -0.25) is 0 Å². The molecule has 0 amide bonds. The number of carbonyl (C=O) groups excluding carboxylic acids is 2. The standard InChI is InChI=1S/C40H62O4/c1-27-17-23-33(39(3,4)31-13-9-7-10-14-31)35(25-27)43-37(41)29-19-21-30(22-20-29)38(42)44-36-26-28(2)18-24-34(36)40(5,6)32-15-11-8-12-16-32/h19-22,27-28,31-36H,7-18,23-26H2,1-6H3/t27-,28-,33-,34-,35-,36-/m1/s1. The molecule has 44 heavy (non-hydrogen) atoms. The fourth-order valence-electron chi connectivity index (χ4n) is 10.1. The van der Waals surface area contributed by atoms with Gasteiger partial charge in [0.05, 0.1) is 11.1 Å². The average molecular weight is 607 g/mol. The molecule has 1 aromatic rings. The Morgan fingerprint density at radius 3 is 1.23 bits per heavy atom. The molecule has 0 saturated heterocycles. The summed E-state index contributed by atoms with van der Waals surface area (Å²) >= 11 is 0. The number of hydrogen-bond donors (Lipinski definition) is 0. The first-order valence-electron chi connectivity index (χ1n) is 18.5. The van der Waals surface area contributed by atoms with Crippen molar-refractivity contribution in [2.45, 2.75) is 156 Å². The van der Waals surface area contributed by atoms with Gasteiger partial charge in [0, 0.05) is 11.8 Å². The lowest BCUT2D eigenvalue weighted by atomic mass is 9.59. The molecule has 0 radical (unpaired) electrons. The molecule has 4 heteroatoms. The third-order valence-corrected chi connectivity index (χ3v) is 13.2. The highest BCUT2D eigenvalue weighted by Gasteiger charge is 2.46. The van der Waals surface area contributed by atoms with Gasteiger partial charge in [-0.1, -0.05) is 92.9 Å². The Labute approximate surface area is 268 Å². The van der Waals surface area contributed by atoms with Crippen LogP contribution in [0.15, 0.2) is 24.3 Å². The molecule has 246 valence electrons. The van der Waals surface area contributed by atoms with E-state index in [0.717, 1.165) is 25.7 Å². The van der Waals surface area contributed by atoms with Crippen LogP contribution in [0, 0.1) is 46.3 Å². The van der Waals surface area contributed by atoms with Crippen LogP contribution in [0.25, 0.3) is 0 Å². The number of benzene rings is 1. The molecule has 4 aliphatic carbocycles. The highest BCUT2D eigenvalue weighted by molar-refractivity contribution is 5.93. The first-order chi connectivity index (χ1) is 21.0. The van der Waals surface area contributed by atoms with Gasteiger partial charge in [-0.05, 0) is 110 Å². The Balaban J connectivity index is 1.23. The predicted molar refractivity (Wildman–Crippen MR) is 179 cm³/mol. The van der Waals surface area contributed by atoms with E-state index in [4.69, 9.17) is 9.47 Å². The van der Waals surface area contributed by atoms with Crippen LogP contribution in [0.2, 0.25) is 0 Å². The van der Waals surface area contributed by atoms with E-state index in [2.05, 4.69) is 41.5 Å². The number of hydrogen-bond acceptors (Lipinski definition) is 4. The Morgan fingerprint density at radius 2 is 0.886 bits per heavy atom. The number of rotatable bonds is 8. The van der Waals surface area contributed by atoms with E-state index >= 15 is 0 Å². The third kappa shape index (κ3) is 7.58. The van der Waals surface area contributed by atoms with Crippen molar-refractivity contribution < 1.29 is 19.1 Å². The summed E-state index contributed by atoms with van der Waals surface area (Å²) in [5.74, 6) is 2.82. The summed E-state index contributed by atoms with van der Waals surface area (Å²) in [6.07, 6.45) is 19.7. The van der Waals surface area contributed by atoms with Gasteiger partial charge in [-0.15, -0.1) is 0 Å². The molecule has 5 rings (SSSR count). The van der Waals surface area contributed by atoms with Crippen molar-refractivity contribution in [3.05, 3.63) is 35.4 Å². The van der Waals surface area contributed by atoms with Crippen molar-refractivity contribution in [3.8, 4) is 0 Å².